The Morgan fingerprint density at radius 1 is 0.323 bits per heavy atom. The third kappa shape index (κ3) is 50.7. The van der Waals surface area contributed by atoms with Crippen molar-refractivity contribution in [3.8, 4) is 0 Å². The molecule has 0 aliphatic heterocycles. The van der Waals surface area contributed by atoms with Crippen LogP contribution in [0.15, 0.2) is 122 Å². The van der Waals surface area contributed by atoms with Crippen LogP contribution in [-0.4, -0.2) is 37.2 Å². The Bertz CT molecular complexity index is 1400. The first-order valence-corrected chi connectivity index (χ1v) is 26.0. The summed E-state index contributed by atoms with van der Waals surface area (Å²) in [5.74, 6) is -1.01. The molecule has 0 bridgehead atoms. The van der Waals surface area contributed by atoms with Gasteiger partial charge in [0.25, 0.3) is 0 Å². The molecule has 0 amide bonds. The molecule has 0 spiro atoms. The Kier molecular flexibility index (Phi) is 49.1. The van der Waals surface area contributed by atoms with Gasteiger partial charge in [0.15, 0.2) is 6.10 Å². The predicted octanol–water partition coefficient (Wildman–Crippen LogP) is 17.3. The van der Waals surface area contributed by atoms with E-state index in [-0.39, 0.29) is 37.5 Å². The van der Waals surface area contributed by atoms with E-state index in [9.17, 15) is 14.4 Å². The number of hydrogen-bond donors (Lipinski definition) is 0. The predicted molar refractivity (Wildman–Crippen MR) is 279 cm³/mol. The van der Waals surface area contributed by atoms with Gasteiger partial charge in [0.05, 0.1) is 0 Å². The summed E-state index contributed by atoms with van der Waals surface area (Å²) in [4.78, 5) is 38.0. The fourth-order valence-electron chi connectivity index (χ4n) is 6.58. The molecule has 0 heterocycles. The molecular weight excluding hydrogens is 805 g/mol. The smallest absolute Gasteiger partial charge is 0.306 e. The highest BCUT2D eigenvalue weighted by molar-refractivity contribution is 5.71. The number of allylic oxidation sites excluding steroid dienone is 20. The van der Waals surface area contributed by atoms with Crippen LogP contribution in [0, 0.1) is 0 Å². The van der Waals surface area contributed by atoms with Gasteiger partial charge >= 0.3 is 17.9 Å². The van der Waals surface area contributed by atoms with Gasteiger partial charge in [-0.05, 0) is 122 Å². The van der Waals surface area contributed by atoms with Gasteiger partial charge in [-0.25, -0.2) is 0 Å². The molecule has 0 aliphatic carbocycles. The van der Waals surface area contributed by atoms with Crippen LogP contribution in [0.4, 0.5) is 0 Å². The van der Waals surface area contributed by atoms with Crippen molar-refractivity contribution >= 4 is 17.9 Å². The zero-order chi connectivity index (χ0) is 47.2. The van der Waals surface area contributed by atoms with Gasteiger partial charge in [0.1, 0.15) is 13.2 Å². The minimum absolute atomic E-state index is 0.114. The van der Waals surface area contributed by atoms with Gasteiger partial charge in [-0.2, -0.15) is 0 Å². The van der Waals surface area contributed by atoms with Gasteiger partial charge in [0.2, 0.25) is 0 Å². The van der Waals surface area contributed by atoms with E-state index in [1.807, 2.05) is 0 Å². The molecule has 0 radical (unpaired) electrons. The van der Waals surface area contributed by atoms with E-state index in [1.54, 1.807) is 0 Å². The van der Waals surface area contributed by atoms with Crippen molar-refractivity contribution in [1.29, 1.82) is 0 Å². The normalized spacial score (nSPS) is 13.1. The number of ether oxygens (including phenoxy) is 3. The average molecular weight is 899 g/mol. The minimum atomic E-state index is -0.819. The second kappa shape index (κ2) is 52.4. The van der Waals surface area contributed by atoms with Crippen molar-refractivity contribution < 1.29 is 28.6 Å². The third-order valence-electron chi connectivity index (χ3n) is 10.4. The molecule has 1 atom stereocenters. The van der Waals surface area contributed by atoms with Crippen molar-refractivity contribution in [2.45, 2.75) is 219 Å². The summed E-state index contributed by atoms with van der Waals surface area (Å²) in [7, 11) is 0. The third-order valence-corrected chi connectivity index (χ3v) is 10.4. The number of carbonyl (C=O) groups excluding carboxylic acids is 3. The molecule has 0 N–H and O–H groups in total. The molecule has 0 rings (SSSR count). The lowest BCUT2D eigenvalue weighted by atomic mass is 10.1. The van der Waals surface area contributed by atoms with Crippen molar-refractivity contribution in [3.63, 3.8) is 0 Å². The number of unbranched alkanes of at least 4 members (excludes halogenated alkanes) is 14. The van der Waals surface area contributed by atoms with Crippen LogP contribution >= 0.6 is 0 Å². The van der Waals surface area contributed by atoms with Crippen molar-refractivity contribution in [3.05, 3.63) is 122 Å². The molecule has 0 saturated carbocycles. The molecule has 6 nitrogen and oxygen atoms in total. The standard InChI is InChI=1S/C59H94O6/c1-4-7-10-13-16-19-22-25-28-29-32-34-37-40-43-46-49-52-58(61)64-55-56(65-59(62)53-50-47-44-41-38-35-31-27-24-21-18-15-12-9-6-3)54-63-57(60)51-48-45-42-39-36-33-30-26-23-20-17-14-11-8-5-2/h7-8,10-11,16-21,25-28,30-32,34,40,43,56H,4-6,9,12-15,22-24,29,33,35-39,41-42,44-55H2,1-3H3/t56-/m1/s1. The SMILES string of the molecule is CCC=CCC=CCC=CCC=CCC=CCCCC(=O)OC[C@@H](COC(=O)CCCCCCCC=CCC=CCC=CCC)OC(=O)CCCCCCCC=CCC=CCCCCC. The highest BCUT2D eigenvalue weighted by Crippen LogP contribution is 2.12. The monoisotopic (exact) mass is 899 g/mol. The van der Waals surface area contributed by atoms with Crippen LogP contribution in [-0.2, 0) is 28.6 Å². The Hall–Kier alpha value is -4.19. The molecule has 0 aromatic rings. The molecule has 0 unspecified atom stereocenters. The molecule has 366 valence electrons. The van der Waals surface area contributed by atoms with Crippen LogP contribution in [0.25, 0.3) is 0 Å². The largest absolute Gasteiger partial charge is 0.462 e. The maximum Gasteiger partial charge on any atom is 0.306 e. The number of rotatable bonds is 45. The second-order valence-electron chi connectivity index (χ2n) is 16.7. The summed E-state index contributed by atoms with van der Waals surface area (Å²) < 4.78 is 16.7. The van der Waals surface area contributed by atoms with E-state index in [0.717, 1.165) is 141 Å². The lowest BCUT2D eigenvalue weighted by Crippen LogP contribution is -2.30. The zero-order valence-corrected chi connectivity index (χ0v) is 41.7. The van der Waals surface area contributed by atoms with Crippen LogP contribution in [0.1, 0.15) is 213 Å². The quantitative estimate of drug-likeness (QED) is 0.0262. The summed E-state index contributed by atoms with van der Waals surface area (Å²) in [5.41, 5.74) is 0. The van der Waals surface area contributed by atoms with Gasteiger partial charge < -0.3 is 14.2 Å². The topological polar surface area (TPSA) is 78.9 Å². The first-order chi connectivity index (χ1) is 32.0. The Morgan fingerprint density at radius 3 is 1.00 bits per heavy atom. The molecule has 0 aromatic carbocycles. The first-order valence-electron chi connectivity index (χ1n) is 26.0. The summed E-state index contributed by atoms with van der Waals surface area (Å²) >= 11 is 0. The molecule has 0 saturated heterocycles. The zero-order valence-electron chi connectivity index (χ0n) is 41.7. The van der Waals surface area contributed by atoms with Crippen LogP contribution in [0.3, 0.4) is 0 Å². The van der Waals surface area contributed by atoms with Gasteiger partial charge in [-0.15, -0.1) is 0 Å². The van der Waals surface area contributed by atoms with E-state index < -0.39 is 6.10 Å². The maximum atomic E-state index is 12.8. The molecule has 6 heteroatoms. The van der Waals surface area contributed by atoms with E-state index in [1.165, 1.54) is 25.7 Å². The van der Waals surface area contributed by atoms with Gasteiger partial charge in [0, 0.05) is 19.3 Å². The number of carbonyl (C=O) groups is 3. The summed E-state index contributed by atoms with van der Waals surface area (Å²) in [5, 5.41) is 0. The van der Waals surface area contributed by atoms with Crippen molar-refractivity contribution in [1.82, 2.24) is 0 Å². The average Bonchev–Trinajstić information content (AvgIpc) is 3.30. The summed E-state index contributed by atoms with van der Waals surface area (Å²) in [6.45, 7) is 6.29. The Balaban J connectivity index is 4.55. The van der Waals surface area contributed by atoms with Crippen LogP contribution in [0.5, 0.6) is 0 Å². The summed E-state index contributed by atoms with van der Waals surface area (Å²) in [6.07, 6.45) is 71.8. The Labute approximate surface area is 399 Å². The molecule has 0 aromatic heterocycles. The highest BCUT2D eigenvalue weighted by atomic mass is 16.6. The minimum Gasteiger partial charge on any atom is -0.462 e. The molecule has 65 heavy (non-hydrogen) atoms. The van der Waals surface area contributed by atoms with E-state index in [4.69, 9.17) is 14.2 Å². The van der Waals surface area contributed by atoms with E-state index >= 15 is 0 Å². The molecule has 0 fully saturated rings. The van der Waals surface area contributed by atoms with Gasteiger partial charge in [-0.1, -0.05) is 194 Å². The van der Waals surface area contributed by atoms with Crippen LogP contribution < -0.4 is 0 Å². The summed E-state index contributed by atoms with van der Waals surface area (Å²) in [6, 6.07) is 0. The maximum absolute atomic E-state index is 12.8. The lowest BCUT2D eigenvalue weighted by molar-refractivity contribution is -0.167. The van der Waals surface area contributed by atoms with Gasteiger partial charge in [-0.3, -0.25) is 14.4 Å². The second-order valence-corrected chi connectivity index (χ2v) is 16.7. The fourth-order valence-corrected chi connectivity index (χ4v) is 6.58. The number of esters is 3. The van der Waals surface area contributed by atoms with Crippen LogP contribution in [0.2, 0.25) is 0 Å². The van der Waals surface area contributed by atoms with Crippen molar-refractivity contribution in [2.24, 2.45) is 0 Å². The van der Waals surface area contributed by atoms with E-state index in [0.29, 0.717) is 19.3 Å². The molecule has 0 aliphatic rings. The highest BCUT2D eigenvalue weighted by Gasteiger charge is 2.19. The van der Waals surface area contributed by atoms with E-state index in [2.05, 4.69) is 142 Å². The lowest BCUT2D eigenvalue weighted by Gasteiger charge is -2.18. The fraction of sp³-hybridized carbons (Fsp3) is 0.610. The van der Waals surface area contributed by atoms with Crippen molar-refractivity contribution in [2.75, 3.05) is 13.2 Å². The number of hydrogen-bond acceptors (Lipinski definition) is 6. The first kappa shape index (κ1) is 60.8. The molecular formula is C59H94O6. The Morgan fingerprint density at radius 2 is 0.615 bits per heavy atom.